The lowest BCUT2D eigenvalue weighted by Crippen LogP contribution is -2.39. The molecule has 120 valence electrons. The molecule has 0 spiro atoms. The van der Waals surface area contributed by atoms with Crippen molar-refractivity contribution in [2.45, 2.75) is 31.7 Å². The number of aryl methyl sites for hydroxylation is 1. The lowest BCUT2D eigenvalue weighted by atomic mass is 9.88. The lowest BCUT2D eigenvalue weighted by Gasteiger charge is -2.26. The summed E-state index contributed by atoms with van der Waals surface area (Å²) in [6, 6.07) is 14.6. The molecule has 0 bridgehead atoms. The van der Waals surface area contributed by atoms with Crippen LogP contribution in [-0.4, -0.2) is 12.6 Å². The number of carbonyl (C=O) groups excluding carboxylic acids is 1. The molecule has 0 aromatic heterocycles. The molecule has 0 radical (unpaired) electrons. The van der Waals surface area contributed by atoms with Gasteiger partial charge in [-0.2, -0.15) is 0 Å². The van der Waals surface area contributed by atoms with Crippen molar-refractivity contribution in [1.29, 1.82) is 0 Å². The van der Waals surface area contributed by atoms with Crippen molar-refractivity contribution in [3.05, 3.63) is 71.0 Å². The topological polar surface area (TPSA) is 41.1 Å². The minimum Gasteiger partial charge on any atom is -0.338 e. The Morgan fingerprint density at radius 1 is 1.13 bits per heavy atom. The van der Waals surface area contributed by atoms with Gasteiger partial charge in [-0.25, -0.2) is 9.18 Å². The van der Waals surface area contributed by atoms with Gasteiger partial charge in [-0.15, -0.1) is 0 Å². The van der Waals surface area contributed by atoms with Crippen LogP contribution in [-0.2, 0) is 12.8 Å². The molecule has 0 fully saturated rings. The fourth-order valence-electron chi connectivity index (χ4n) is 3.08. The van der Waals surface area contributed by atoms with Gasteiger partial charge in [-0.05, 0) is 54.5 Å². The fourth-order valence-corrected chi connectivity index (χ4v) is 3.08. The Bertz CT molecular complexity index is 669. The Balaban J connectivity index is 1.49. The average Bonchev–Trinajstić information content (AvgIpc) is 2.57. The second-order valence-electron chi connectivity index (χ2n) is 5.92. The van der Waals surface area contributed by atoms with Crippen molar-refractivity contribution in [3.63, 3.8) is 0 Å². The van der Waals surface area contributed by atoms with Gasteiger partial charge in [0.05, 0.1) is 6.04 Å². The third-order valence-corrected chi connectivity index (χ3v) is 4.29. The normalized spacial score (nSPS) is 16.5. The predicted molar refractivity (Wildman–Crippen MR) is 88.8 cm³/mol. The number of carbonyl (C=O) groups is 1. The van der Waals surface area contributed by atoms with Crippen LogP contribution in [0.15, 0.2) is 48.5 Å². The summed E-state index contributed by atoms with van der Waals surface area (Å²) in [4.78, 5) is 12.1. The number of halogens is 1. The number of hydrogen-bond acceptors (Lipinski definition) is 1. The molecular formula is C19H21FN2O. The van der Waals surface area contributed by atoms with Gasteiger partial charge >= 0.3 is 6.03 Å². The summed E-state index contributed by atoms with van der Waals surface area (Å²) in [5, 5.41) is 5.94. The molecule has 3 nitrogen and oxygen atoms in total. The van der Waals surface area contributed by atoms with E-state index in [0.717, 1.165) is 24.8 Å². The monoisotopic (exact) mass is 312 g/mol. The van der Waals surface area contributed by atoms with E-state index in [-0.39, 0.29) is 17.9 Å². The van der Waals surface area contributed by atoms with Gasteiger partial charge < -0.3 is 10.6 Å². The smallest absolute Gasteiger partial charge is 0.315 e. The van der Waals surface area contributed by atoms with E-state index in [4.69, 9.17) is 0 Å². The van der Waals surface area contributed by atoms with Crippen LogP contribution in [0.5, 0.6) is 0 Å². The van der Waals surface area contributed by atoms with Gasteiger partial charge in [0.2, 0.25) is 0 Å². The zero-order chi connectivity index (χ0) is 16.1. The van der Waals surface area contributed by atoms with Crippen molar-refractivity contribution >= 4 is 6.03 Å². The van der Waals surface area contributed by atoms with Crippen LogP contribution in [0.1, 0.15) is 35.6 Å². The van der Waals surface area contributed by atoms with Crippen molar-refractivity contribution in [2.75, 3.05) is 6.54 Å². The summed E-state index contributed by atoms with van der Waals surface area (Å²) >= 11 is 0. The maximum atomic E-state index is 12.8. The number of amides is 2. The first-order chi connectivity index (χ1) is 11.2. The van der Waals surface area contributed by atoms with Gasteiger partial charge in [0, 0.05) is 6.54 Å². The molecule has 0 heterocycles. The van der Waals surface area contributed by atoms with E-state index >= 15 is 0 Å². The van der Waals surface area contributed by atoms with Crippen LogP contribution >= 0.6 is 0 Å². The molecule has 2 N–H and O–H groups in total. The first-order valence-electron chi connectivity index (χ1n) is 8.09. The highest BCUT2D eigenvalue weighted by Gasteiger charge is 2.20. The second kappa shape index (κ2) is 7.27. The molecule has 2 amide bonds. The molecule has 0 saturated carbocycles. The van der Waals surface area contributed by atoms with Crippen molar-refractivity contribution < 1.29 is 9.18 Å². The first-order valence-corrected chi connectivity index (χ1v) is 8.09. The highest BCUT2D eigenvalue weighted by Crippen LogP contribution is 2.29. The van der Waals surface area contributed by atoms with Crippen LogP contribution in [0.4, 0.5) is 9.18 Å². The van der Waals surface area contributed by atoms with Crippen LogP contribution in [0, 0.1) is 5.82 Å². The fraction of sp³-hybridized carbons (Fsp3) is 0.316. The molecular weight excluding hydrogens is 291 g/mol. The summed E-state index contributed by atoms with van der Waals surface area (Å²) < 4.78 is 12.8. The zero-order valence-corrected chi connectivity index (χ0v) is 13.0. The van der Waals surface area contributed by atoms with E-state index in [1.54, 1.807) is 12.1 Å². The third kappa shape index (κ3) is 4.09. The molecule has 1 aliphatic carbocycles. The minimum atomic E-state index is -0.240. The van der Waals surface area contributed by atoms with Crippen LogP contribution in [0.3, 0.4) is 0 Å². The summed E-state index contributed by atoms with van der Waals surface area (Å²) in [6.45, 7) is 0.534. The Morgan fingerprint density at radius 2 is 1.91 bits per heavy atom. The Morgan fingerprint density at radius 3 is 2.74 bits per heavy atom. The highest BCUT2D eigenvalue weighted by atomic mass is 19.1. The minimum absolute atomic E-state index is 0.0887. The van der Waals surface area contributed by atoms with Crippen LogP contribution < -0.4 is 10.6 Å². The third-order valence-electron chi connectivity index (χ3n) is 4.29. The SMILES string of the molecule is O=C(NCCc1ccc(F)cc1)NC1CCCc2ccccc21. The molecule has 0 saturated heterocycles. The Hall–Kier alpha value is -2.36. The number of hydrogen-bond donors (Lipinski definition) is 2. The largest absolute Gasteiger partial charge is 0.338 e. The molecule has 23 heavy (non-hydrogen) atoms. The van der Waals surface area contributed by atoms with Gasteiger partial charge in [0.1, 0.15) is 5.82 Å². The Labute approximate surface area is 135 Å². The van der Waals surface area contributed by atoms with E-state index in [0.29, 0.717) is 13.0 Å². The molecule has 1 unspecified atom stereocenters. The molecule has 3 rings (SSSR count). The standard InChI is InChI=1S/C19H21FN2O/c20-16-10-8-14(9-11-16)12-13-21-19(23)22-18-7-3-5-15-4-1-2-6-17(15)18/h1-2,4,6,8-11,18H,3,5,7,12-13H2,(H2,21,22,23). The predicted octanol–water partition coefficient (Wildman–Crippen LogP) is 3.75. The van der Waals surface area contributed by atoms with Gasteiger partial charge in [0.15, 0.2) is 0 Å². The zero-order valence-electron chi connectivity index (χ0n) is 13.0. The van der Waals surface area contributed by atoms with Crippen LogP contribution in [0.25, 0.3) is 0 Å². The van der Waals surface area contributed by atoms with Crippen molar-refractivity contribution in [3.8, 4) is 0 Å². The van der Waals surface area contributed by atoms with E-state index < -0.39 is 0 Å². The molecule has 2 aromatic carbocycles. The summed E-state index contributed by atoms with van der Waals surface area (Å²) in [5.74, 6) is -0.240. The lowest BCUT2D eigenvalue weighted by molar-refractivity contribution is 0.235. The number of nitrogens with one attached hydrogen (secondary N) is 2. The molecule has 1 atom stereocenters. The van der Waals surface area contributed by atoms with Gasteiger partial charge in [-0.1, -0.05) is 36.4 Å². The van der Waals surface area contributed by atoms with Gasteiger partial charge in [0.25, 0.3) is 0 Å². The molecule has 1 aliphatic rings. The Kier molecular flexibility index (Phi) is 4.91. The quantitative estimate of drug-likeness (QED) is 0.887. The van der Waals surface area contributed by atoms with E-state index in [1.165, 1.54) is 23.3 Å². The number of urea groups is 1. The molecule has 4 heteroatoms. The van der Waals surface area contributed by atoms with E-state index in [9.17, 15) is 9.18 Å². The first kappa shape index (κ1) is 15.5. The molecule has 2 aromatic rings. The maximum Gasteiger partial charge on any atom is 0.315 e. The second-order valence-corrected chi connectivity index (χ2v) is 5.92. The average molecular weight is 312 g/mol. The number of fused-ring (bicyclic) bond motifs is 1. The van der Waals surface area contributed by atoms with Crippen molar-refractivity contribution in [1.82, 2.24) is 10.6 Å². The van der Waals surface area contributed by atoms with Gasteiger partial charge in [-0.3, -0.25) is 0 Å². The summed E-state index contributed by atoms with van der Waals surface area (Å²) in [5.41, 5.74) is 3.57. The highest BCUT2D eigenvalue weighted by molar-refractivity contribution is 5.74. The van der Waals surface area contributed by atoms with Crippen LogP contribution in [0.2, 0.25) is 0 Å². The summed E-state index contributed by atoms with van der Waals surface area (Å²) in [7, 11) is 0. The van der Waals surface area contributed by atoms with E-state index in [2.05, 4.69) is 22.8 Å². The number of benzene rings is 2. The van der Waals surface area contributed by atoms with Crippen molar-refractivity contribution in [2.24, 2.45) is 0 Å². The maximum absolute atomic E-state index is 12.8. The number of rotatable bonds is 4. The van der Waals surface area contributed by atoms with E-state index in [1.807, 2.05) is 12.1 Å². The summed E-state index contributed by atoms with van der Waals surface area (Å²) in [6.07, 6.45) is 3.84. The molecule has 0 aliphatic heterocycles.